The highest BCUT2D eigenvalue weighted by Crippen LogP contribution is 2.18. The summed E-state index contributed by atoms with van der Waals surface area (Å²) in [6, 6.07) is 12.1. The number of fused-ring (bicyclic) bond motifs is 1. The van der Waals surface area contributed by atoms with Gasteiger partial charge < -0.3 is 10.1 Å². The number of hydrogen-bond acceptors (Lipinski definition) is 3. The molecule has 1 unspecified atom stereocenters. The molecule has 3 nitrogen and oxygen atoms in total. The Morgan fingerprint density at radius 1 is 1.19 bits per heavy atom. The standard InChI is InChI=1S/C13H14N2O/c1-2-4-12-10(3-1)5-6-13(15-12)16-11-7-8-14-9-11/h1-6,11,14H,7-9H2. The lowest BCUT2D eigenvalue weighted by Crippen LogP contribution is -2.19. The molecule has 0 spiro atoms. The van der Waals surface area contributed by atoms with Gasteiger partial charge in [-0.2, -0.15) is 0 Å². The molecule has 0 aliphatic carbocycles. The monoisotopic (exact) mass is 214 g/mol. The molecule has 0 amide bonds. The van der Waals surface area contributed by atoms with Gasteiger partial charge in [0.1, 0.15) is 6.10 Å². The van der Waals surface area contributed by atoms with Crippen molar-refractivity contribution in [1.82, 2.24) is 10.3 Å². The molecule has 1 saturated heterocycles. The van der Waals surface area contributed by atoms with Crippen LogP contribution in [0.3, 0.4) is 0 Å². The molecule has 1 atom stereocenters. The van der Waals surface area contributed by atoms with Crippen LogP contribution >= 0.6 is 0 Å². The van der Waals surface area contributed by atoms with Gasteiger partial charge in [0.25, 0.3) is 0 Å². The second kappa shape index (κ2) is 4.10. The fourth-order valence-electron chi connectivity index (χ4n) is 2.01. The normalized spacial score (nSPS) is 20.1. The number of nitrogens with zero attached hydrogens (tertiary/aromatic N) is 1. The maximum Gasteiger partial charge on any atom is 0.214 e. The van der Waals surface area contributed by atoms with E-state index in [1.54, 1.807) is 0 Å². The first-order valence-corrected chi connectivity index (χ1v) is 5.65. The van der Waals surface area contributed by atoms with Gasteiger partial charge in [-0.25, -0.2) is 4.98 Å². The number of aromatic nitrogens is 1. The molecule has 1 fully saturated rings. The summed E-state index contributed by atoms with van der Waals surface area (Å²) < 4.78 is 5.81. The van der Waals surface area contributed by atoms with E-state index in [0.29, 0.717) is 0 Å². The van der Waals surface area contributed by atoms with Crippen molar-refractivity contribution >= 4 is 10.9 Å². The topological polar surface area (TPSA) is 34.1 Å². The van der Waals surface area contributed by atoms with Gasteiger partial charge in [-0.15, -0.1) is 0 Å². The third-order valence-corrected chi connectivity index (χ3v) is 2.88. The Morgan fingerprint density at radius 2 is 2.12 bits per heavy atom. The van der Waals surface area contributed by atoms with Crippen LogP contribution in [0.5, 0.6) is 5.88 Å². The zero-order valence-electron chi connectivity index (χ0n) is 9.02. The van der Waals surface area contributed by atoms with Crippen molar-refractivity contribution in [3.63, 3.8) is 0 Å². The number of benzene rings is 1. The molecular formula is C13H14N2O. The van der Waals surface area contributed by atoms with Crippen LogP contribution in [0.4, 0.5) is 0 Å². The summed E-state index contributed by atoms with van der Waals surface area (Å²) in [5, 5.41) is 4.43. The van der Waals surface area contributed by atoms with E-state index in [-0.39, 0.29) is 6.10 Å². The summed E-state index contributed by atoms with van der Waals surface area (Å²) in [5.74, 6) is 0.729. The van der Waals surface area contributed by atoms with Crippen LogP contribution in [0.25, 0.3) is 10.9 Å². The summed E-state index contributed by atoms with van der Waals surface area (Å²) in [7, 11) is 0. The van der Waals surface area contributed by atoms with Crippen molar-refractivity contribution in [2.45, 2.75) is 12.5 Å². The Labute approximate surface area is 94.5 Å². The Morgan fingerprint density at radius 3 is 3.00 bits per heavy atom. The summed E-state index contributed by atoms with van der Waals surface area (Å²) in [6.07, 6.45) is 1.34. The third kappa shape index (κ3) is 1.86. The first-order chi connectivity index (χ1) is 7.92. The molecule has 3 rings (SSSR count). The average Bonchev–Trinajstić information content (AvgIpc) is 2.82. The van der Waals surface area contributed by atoms with Gasteiger partial charge in [-0.1, -0.05) is 18.2 Å². The van der Waals surface area contributed by atoms with Gasteiger partial charge >= 0.3 is 0 Å². The van der Waals surface area contributed by atoms with E-state index >= 15 is 0 Å². The van der Waals surface area contributed by atoms with E-state index in [2.05, 4.69) is 22.4 Å². The number of hydrogen-bond donors (Lipinski definition) is 1. The molecule has 1 N–H and O–H groups in total. The van der Waals surface area contributed by atoms with Crippen LogP contribution < -0.4 is 10.1 Å². The van der Waals surface area contributed by atoms with E-state index in [9.17, 15) is 0 Å². The van der Waals surface area contributed by atoms with Crippen LogP contribution in [0.1, 0.15) is 6.42 Å². The number of ether oxygens (including phenoxy) is 1. The van der Waals surface area contributed by atoms with Crippen LogP contribution in [0.15, 0.2) is 36.4 Å². The van der Waals surface area contributed by atoms with E-state index in [1.165, 1.54) is 0 Å². The highest BCUT2D eigenvalue weighted by Gasteiger charge is 2.16. The highest BCUT2D eigenvalue weighted by molar-refractivity contribution is 5.78. The van der Waals surface area contributed by atoms with E-state index in [0.717, 1.165) is 36.3 Å². The summed E-state index contributed by atoms with van der Waals surface area (Å²) >= 11 is 0. The quantitative estimate of drug-likeness (QED) is 0.830. The van der Waals surface area contributed by atoms with Crippen LogP contribution in [-0.2, 0) is 0 Å². The summed E-state index contributed by atoms with van der Waals surface area (Å²) in [6.45, 7) is 1.97. The zero-order valence-corrected chi connectivity index (χ0v) is 9.02. The van der Waals surface area contributed by atoms with Crippen molar-refractivity contribution in [3.8, 4) is 5.88 Å². The van der Waals surface area contributed by atoms with Crippen LogP contribution in [0, 0.1) is 0 Å². The van der Waals surface area contributed by atoms with Crippen LogP contribution in [0.2, 0.25) is 0 Å². The van der Waals surface area contributed by atoms with Crippen molar-refractivity contribution in [2.75, 3.05) is 13.1 Å². The van der Waals surface area contributed by atoms with Gasteiger partial charge in [0, 0.05) is 18.0 Å². The molecule has 0 saturated carbocycles. The summed E-state index contributed by atoms with van der Waals surface area (Å²) in [4.78, 5) is 4.49. The van der Waals surface area contributed by atoms with Crippen molar-refractivity contribution in [1.29, 1.82) is 0 Å². The Balaban J connectivity index is 1.86. The lowest BCUT2D eigenvalue weighted by Gasteiger charge is -2.11. The molecule has 0 bridgehead atoms. The third-order valence-electron chi connectivity index (χ3n) is 2.88. The largest absolute Gasteiger partial charge is 0.473 e. The molecule has 2 heterocycles. The smallest absolute Gasteiger partial charge is 0.214 e. The second-order valence-corrected chi connectivity index (χ2v) is 4.07. The van der Waals surface area contributed by atoms with E-state index in [1.807, 2.05) is 24.3 Å². The number of rotatable bonds is 2. The molecule has 2 aromatic rings. The molecular weight excluding hydrogens is 200 g/mol. The minimum absolute atomic E-state index is 0.272. The minimum Gasteiger partial charge on any atom is -0.473 e. The predicted molar refractivity (Wildman–Crippen MR) is 63.6 cm³/mol. The maximum atomic E-state index is 5.81. The Hall–Kier alpha value is -1.61. The van der Waals surface area contributed by atoms with Crippen LogP contribution in [-0.4, -0.2) is 24.2 Å². The molecule has 1 aromatic heterocycles. The fourth-order valence-corrected chi connectivity index (χ4v) is 2.01. The molecule has 1 aliphatic heterocycles. The highest BCUT2D eigenvalue weighted by atomic mass is 16.5. The minimum atomic E-state index is 0.272. The molecule has 3 heteroatoms. The number of nitrogens with one attached hydrogen (secondary N) is 1. The van der Waals surface area contributed by atoms with Gasteiger partial charge in [0.15, 0.2) is 0 Å². The lowest BCUT2D eigenvalue weighted by atomic mass is 10.2. The predicted octanol–water partition coefficient (Wildman–Crippen LogP) is 1.98. The molecule has 0 radical (unpaired) electrons. The lowest BCUT2D eigenvalue weighted by molar-refractivity contribution is 0.215. The SMILES string of the molecule is c1ccc2nc(OC3CCNC3)ccc2c1. The number of pyridine rings is 1. The molecule has 16 heavy (non-hydrogen) atoms. The first-order valence-electron chi connectivity index (χ1n) is 5.65. The summed E-state index contributed by atoms with van der Waals surface area (Å²) in [5.41, 5.74) is 0.992. The van der Waals surface area contributed by atoms with E-state index < -0.39 is 0 Å². The fraction of sp³-hybridized carbons (Fsp3) is 0.308. The second-order valence-electron chi connectivity index (χ2n) is 4.07. The van der Waals surface area contributed by atoms with E-state index in [4.69, 9.17) is 4.74 Å². The van der Waals surface area contributed by atoms with Gasteiger partial charge in [-0.3, -0.25) is 0 Å². The van der Waals surface area contributed by atoms with Gasteiger partial charge in [0.05, 0.1) is 5.52 Å². The first kappa shape index (κ1) is 9.60. The average molecular weight is 214 g/mol. The van der Waals surface area contributed by atoms with Crippen molar-refractivity contribution < 1.29 is 4.74 Å². The Bertz CT molecular complexity index is 492. The molecule has 1 aliphatic rings. The number of para-hydroxylation sites is 1. The zero-order chi connectivity index (χ0) is 10.8. The van der Waals surface area contributed by atoms with Gasteiger partial charge in [0.2, 0.25) is 5.88 Å². The van der Waals surface area contributed by atoms with Crippen molar-refractivity contribution in [2.24, 2.45) is 0 Å². The van der Waals surface area contributed by atoms with Crippen molar-refractivity contribution in [3.05, 3.63) is 36.4 Å². The molecule has 82 valence electrons. The Kier molecular flexibility index (Phi) is 2.46. The van der Waals surface area contributed by atoms with Gasteiger partial charge in [-0.05, 0) is 25.1 Å². The molecule has 1 aromatic carbocycles. The maximum absolute atomic E-state index is 5.81.